The monoisotopic (exact) mass is 462 g/mol. The van der Waals surface area contributed by atoms with E-state index in [9.17, 15) is 4.79 Å². The van der Waals surface area contributed by atoms with Gasteiger partial charge < -0.3 is 10.2 Å². The van der Waals surface area contributed by atoms with E-state index in [0.29, 0.717) is 22.5 Å². The summed E-state index contributed by atoms with van der Waals surface area (Å²) in [7, 11) is 4.08. The molecule has 0 amide bonds. The van der Waals surface area contributed by atoms with Crippen LogP contribution in [0.15, 0.2) is 89.9 Å². The van der Waals surface area contributed by atoms with E-state index in [2.05, 4.69) is 27.3 Å². The van der Waals surface area contributed by atoms with Crippen molar-refractivity contribution in [3.63, 3.8) is 0 Å². The van der Waals surface area contributed by atoms with Gasteiger partial charge in [0.05, 0.1) is 11.1 Å². The highest BCUT2D eigenvalue weighted by Crippen LogP contribution is 2.25. The van der Waals surface area contributed by atoms with Crippen molar-refractivity contribution in [2.24, 2.45) is 0 Å². The van der Waals surface area contributed by atoms with Gasteiger partial charge in [0.2, 0.25) is 5.95 Å². The molecule has 0 saturated heterocycles. The van der Waals surface area contributed by atoms with Gasteiger partial charge in [-0.15, -0.1) is 0 Å². The van der Waals surface area contributed by atoms with E-state index < -0.39 is 0 Å². The highest BCUT2D eigenvalue weighted by Gasteiger charge is 2.17. The highest BCUT2D eigenvalue weighted by molar-refractivity contribution is 5.91. The van der Waals surface area contributed by atoms with Crippen LogP contribution in [0.25, 0.3) is 27.8 Å². The lowest BCUT2D eigenvalue weighted by molar-refractivity contribution is 0.402. The van der Waals surface area contributed by atoms with E-state index in [1.165, 1.54) is 10.2 Å². The number of aryl methyl sites for hydroxylation is 1. The van der Waals surface area contributed by atoms with Gasteiger partial charge in [-0.2, -0.15) is 9.78 Å². The first-order valence-corrected chi connectivity index (χ1v) is 11.4. The fourth-order valence-corrected chi connectivity index (χ4v) is 4.03. The van der Waals surface area contributed by atoms with Gasteiger partial charge in [0.25, 0.3) is 5.56 Å². The molecule has 35 heavy (non-hydrogen) atoms. The number of para-hydroxylation sites is 1. The van der Waals surface area contributed by atoms with Crippen molar-refractivity contribution in [2.45, 2.75) is 13.5 Å². The third kappa shape index (κ3) is 4.67. The molecule has 0 saturated carbocycles. The second-order valence-corrected chi connectivity index (χ2v) is 8.73. The average molecular weight is 463 g/mol. The summed E-state index contributed by atoms with van der Waals surface area (Å²) in [5.74, 6) is 0.407. The van der Waals surface area contributed by atoms with Crippen LogP contribution in [0.4, 0.5) is 11.6 Å². The van der Waals surface area contributed by atoms with E-state index in [-0.39, 0.29) is 5.56 Å². The number of nitrogens with zero attached hydrogens (tertiary/aromatic N) is 5. The molecule has 3 aromatic carbocycles. The summed E-state index contributed by atoms with van der Waals surface area (Å²) < 4.78 is 1.44. The number of anilines is 2. The van der Waals surface area contributed by atoms with Crippen LogP contribution >= 0.6 is 0 Å². The minimum Gasteiger partial charge on any atom is -0.324 e. The maximum atomic E-state index is 13.5. The molecule has 0 bridgehead atoms. The minimum atomic E-state index is -0.256. The number of nitrogens with one attached hydrogen (secondary N) is 1. The Labute approximate surface area is 203 Å². The van der Waals surface area contributed by atoms with Crippen LogP contribution < -0.4 is 10.9 Å². The lowest BCUT2D eigenvalue weighted by Gasteiger charge is -2.13. The summed E-state index contributed by atoms with van der Waals surface area (Å²) in [6, 6.07) is 25.6. The number of rotatable bonds is 6. The Morgan fingerprint density at radius 1 is 0.914 bits per heavy atom. The molecule has 0 aliphatic rings. The molecule has 0 aliphatic carbocycles. The maximum Gasteiger partial charge on any atom is 0.282 e. The van der Waals surface area contributed by atoms with E-state index in [1.807, 2.05) is 87.7 Å². The Hall–Kier alpha value is -4.36. The maximum absolute atomic E-state index is 13.5. The summed E-state index contributed by atoms with van der Waals surface area (Å²) in [6.45, 7) is 2.83. The van der Waals surface area contributed by atoms with E-state index in [1.54, 1.807) is 6.20 Å². The van der Waals surface area contributed by atoms with Crippen molar-refractivity contribution >= 4 is 22.5 Å². The predicted molar refractivity (Wildman–Crippen MR) is 140 cm³/mol. The third-order valence-corrected chi connectivity index (χ3v) is 5.74. The van der Waals surface area contributed by atoms with Crippen LogP contribution in [0.5, 0.6) is 0 Å². The predicted octanol–water partition coefficient (Wildman–Crippen LogP) is 4.96. The van der Waals surface area contributed by atoms with Crippen molar-refractivity contribution in [2.75, 3.05) is 19.4 Å². The Kier molecular flexibility index (Phi) is 6.08. The lowest BCUT2D eigenvalue weighted by Crippen LogP contribution is -2.23. The fourth-order valence-electron chi connectivity index (χ4n) is 4.03. The zero-order valence-corrected chi connectivity index (χ0v) is 19.9. The standard InChI is InChI=1S/C28H26N6O/c1-19-9-7-8-12-24(19)34-27(35)23-17-29-28(30-22-15-13-20(14-16-22)18-33(2)3)31-26(23)25(32-34)21-10-5-4-6-11-21/h4-17H,18H2,1-3H3,(H,29,30,31). The van der Waals surface area contributed by atoms with Gasteiger partial charge in [0, 0.05) is 24.0 Å². The first-order chi connectivity index (χ1) is 17.0. The van der Waals surface area contributed by atoms with E-state index in [4.69, 9.17) is 10.1 Å². The first kappa shape index (κ1) is 22.4. The zero-order valence-electron chi connectivity index (χ0n) is 19.9. The molecule has 0 radical (unpaired) electrons. The molecule has 2 heterocycles. The SMILES string of the molecule is Cc1ccccc1-n1nc(-c2ccccc2)c2nc(Nc3ccc(CN(C)C)cc3)ncc2c1=O. The van der Waals surface area contributed by atoms with Crippen molar-refractivity contribution < 1.29 is 0 Å². The van der Waals surface area contributed by atoms with Crippen LogP contribution in [-0.2, 0) is 6.54 Å². The third-order valence-electron chi connectivity index (χ3n) is 5.74. The molecule has 5 aromatic rings. The molecule has 0 fully saturated rings. The topological polar surface area (TPSA) is 75.9 Å². The van der Waals surface area contributed by atoms with Gasteiger partial charge in [0.1, 0.15) is 11.2 Å². The molecular formula is C28H26N6O. The van der Waals surface area contributed by atoms with Crippen LogP contribution in [0.1, 0.15) is 11.1 Å². The van der Waals surface area contributed by atoms with Gasteiger partial charge in [0.15, 0.2) is 0 Å². The van der Waals surface area contributed by atoms with Crippen molar-refractivity contribution in [3.05, 3.63) is 107 Å². The molecule has 0 unspecified atom stereocenters. The molecule has 174 valence electrons. The van der Waals surface area contributed by atoms with Crippen LogP contribution in [0, 0.1) is 6.92 Å². The van der Waals surface area contributed by atoms with Gasteiger partial charge >= 0.3 is 0 Å². The van der Waals surface area contributed by atoms with Crippen LogP contribution in [-0.4, -0.2) is 38.7 Å². The molecule has 5 rings (SSSR count). The van der Waals surface area contributed by atoms with E-state index >= 15 is 0 Å². The Morgan fingerprint density at radius 2 is 1.63 bits per heavy atom. The quantitative estimate of drug-likeness (QED) is 0.385. The number of hydrogen-bond donors (Lipinski definition) is 1. The second kappa shape index (κ2) is 9.48. The van der Waals surface area contributed by atoms with Gasteiger partial charge in [-0.05, 0) is 50.3 Å². The number of benzene rings is 3. The van der Waals surface area contributed by atoms with Crippen molar-refractivity contribution in [1.82, 2.24) is 24.6 Å². The van der Waals surface area contributed by atoms with Crippen molar-refractivity contribution in [3.8, 4) is 16.9 Å². The molecule has 0 atom stereocenters. The molecule has 7 heteroatoms. The fraction of sp³-hybridized carbons (Fsp3) is 0.143. The average Bonchev–Trinajstić information content (AvgIpc) is 2.86. The number of hydrogen-bond acceptors (Lipinski definition) is 6. The Balaban J connectivity index is 1.62. The zero-order chi connectivity index (χ0) is 24.4. The Bertz CT molecular complexity index is 1540. The smallest absolute Gasteiger partial charge is 0.282 e. The van der Waals surface area contributed by atoms with Crippen LogP contribution in [0.3, 0.4) is 0 Å². The largest absolute Gasteiger partial charge is 0.324 e. The molecule has 0 aliphatic heterocycles. The molecule has 1 N–H and O–H groups in total. The minimum absolute atomic E-state index is 0.256. The van der Waals surface area contributed by atoms with Crippen LogP contribution in [0.2, 0.25) is 0 Å². The molecule has 0 spiro atoms. The number of fused-ring (bicyclic) bond motifs is 1. The second-order valence-electron chi connectivity index (χ2n) is 8.73. The van der Waals surface area contributed by atoms with E-state index in [0.717, 1.165) is 29.0 Å². The normalized spacial score (nSPS) is 11.2. The molecular weight excluding hydrogens is 436 g/mol. The molecule has 7 nitrogen and oxygen atoms in total. The van der Waals surface area contributed by atoms with Crippen molar-refractivity contribution in [1.29, 1.82) is 0 Å². The number of aromatic nitrogens is 4. The molecule has 2 aromatic heterocycles. The lowest BCUT2D eigenvalue weighted by atomic mass is 10.1. The highest BCUT2D eigenvalue weighted by atomic mass is 16.1. The Morgan fingerprint density at radius 3 is 2.34 bits per heavy atom. The summed E-state index contributed by atoms with van der Waals surface area (Å²) >= 11 is 0. The summed E-state index contributed by atoms with van der Waals surface area (Å²) in [5.41, 5.74) is 5.52. The summed E-state index contributed by atoms with van der Waals surface area (Å²) in [5, 5.41) is 8.44. The summed E-state index contributed by atoms with van der Waals surface area (Å²) in [4.78, 5) is 24.8. The van der Waals surface area contributed by atoms with Gasteiger partial charge in [-0.3, -0.25) is 4.79 Å². The summed E-state index contributed by atoms with van der Waals surface area (Å²) in [6.07, 6.45) is 1.58. The van der Waals surface area contributed by atoms with Gasteiger partial charge in [-0.1, -0.05) is 60.7 Å². The van der Waals surface area contributed by atoms with Gasteiger partial charge in [-0.25, -0.2) is 9.97 Å². The first-order valence-electron chi connectivity index (χ1n) is 11.4.